The largest absolute Gasteiger partial charge is 0.359 e. The molecular formula is C7H9N3O2S. The topological polar surface area (TPSA) is 76.8 Å². The summed E-state index contributed by atoms with van der Waals surface area (Å²) >= 11 is 1.30. The third kappa shape index (κ3) is 2.36. The highest BCUT2D eigenvalue weighted by Gasteiger charge is 2.18. The number of unbranched alkanes of at least 4 members (excludes halogenated alkanes) is 1. The number of hydrogen-bond acceptors (Lipinski definition) is 5. The fraction of sp³-hybridized carbons (Fsp3) is 0.571. The van der Waals surface area contributed by atoms with Crippen LogP contribution in [0.4, 0.5) is 0 Å². The number of nitriles is 1. The summed E-state index contributed by atoms with van der Waals surface area (Å²) in [5, 5.41) is 23.0. The molecule has 70 valence electrons. The Morgan fingerprint density at radius 3 is 3.15 bits per heavy atom. The minimum atomic E-state index is 0.0658. The summed E-state index contributed by atoms with van der Waals surface area (Å²) in [5.41, 5.74) is 0.0658. The Balaban J connectivity index is 2.64. The Labute approximate surface area is 79.9 Å². The minimum absolute atomic E-state index is 0.0658. The van der Waals surface area contributed by atoms with Crippen molar-refractivity contribution < 1.29 is 9.53 Å². The Hall–Kier alpha value is -1.22. The fourth-order valence-electron chi connectivity index (χ4n) is 0.743. The summed E-state index contributed by atoms with van der Waals surface area (Å²) in [5.74, 6) is 0.800. The number of aromatic nitrogens is 2. The van der Waals surface area contributed by atoms with Crippen molar-refractivity contribution >= 4 is 11.8 Å². The van der Waals surface area contributed by atoms with Crippen LogP contribution in [0.25, 0.3) is 0 Å². The highest BCUT2D eigenvalue weighted by atomic mass is 32.2. The molecule has 0 unspecified atom stereocenters. The van der Waals surface area contributed by atoms with E-state index in [2.05, 4.69) is 16.7 Å². The van der Waals surface area contributed by atoms with Crippen molar-refractivity contribution in [3.05, 3.63) is 10.9 Å². The van der Waals surface area contributed by atoms with Gasteiger partial charge >= 0.3 is 5.69 Å². The summed E-state index contributed by atoms with van der Waals surface area (Å²) < 4.78 is 4.28. The van der Waals surface area contributed by atoms with Crippen LogP contribution in [-0.4, -0.2) is 10.9 Å². The number of rotatable bonds is 4. The first-order chi connectivity index (χ1) is 6.29. The monoisotopic (exact) mass is 199 g/mol. The zero-order chi connectivity index (χ0) is 9.68. The van der Waals surface area contributed by atoms with E-state index in [0.717, 1.165) is 18.6 Å². The number of hydrogen-bond donors (Lipinski definition) is 0. The normalized spacial score (nSPS) is 9.85. The maximum atomic E-state index is 10.9. The van der Waals surface area contributed by atoms with Crippen molar-refractivity contribution in [2.45, 2.75) is 24.8 Å². The van der Waals surface area contributed by atoms with Crippen LogP contribution < -0.4 is 4.90 Å². The quantitative estimate of drug-likeness (QED) is 0.412. The average molecular weight is 199 g/mol. The van der Waals surface area contributed by atoms with Gasteiger partial charge in [0.15, 0.2) is 6.07 Å². The molecule has 1 aromatic rings. The number of nitrogens with zero attached hydrogens (tertiary/aromatic N) is 3. The van der Waals surface area contributed by atoms with E-state index >= 15 is 0 Å². The van der Waals surface area contributed by atoms with Crippen LogP contribution in [0, 0.1) is 16.5 Å². The highest BCUT2D eigenvalue weighted by molar-refractivity contribution is 7.99. The smallest absolute Gasteiger partial charge is 0.331 e. The Morgan fingerprint density at radius 2 is 2.54 bits per heavy atom. The molecule has 1 rings (SSSR count). The average Bonchev–Trinajstić information content (AvgIpc) is 2.48. The van der Waals surface area contributed by atoms with E-state index < -0.39 is 0 Å². The van der Waals surface area contributed by atoms with Crippen LogP contribution in [-0.2, 0) is 0 Å². The molecule has 0 amide bonds. The molecule has 1 heterocycles. The third-order valence-electron chi connectivity index (χ3n) is 1.42. The lowest BCUT2D eigenvalue weighted by Gasteiger charge is -1.94. The van der Waals surface area contributed by atoms with Gasteiger partial charge in [-0.1, -0.05) is 25.1 Å². The summed E-state index contributed by atoms with van der Waals surface area (Å²) in [7, 11) is 0. The third-order valence-corrected chi connectivity index (χ3v) is 2.53. The van der Waals surface area contributed by atoms with Gasteiger partial charge in [-0.2, -0.15) is 5.26 Å². The van der Waals surface area contributed by atoms with Gasteiger partial charge in [-0.25, -0.2) is 0 Å². The standard InChI is InChI=1S/C7H9N3O2S/c1-2-3-4-13-7-6(5-8)9-12-10(7)11/h2-4H2,1H3. The first kappa shape index (κ1) is 9.86. The molecule has 6 heteroatoms. The maximum absolute atomic E-state index is 10.9. The van der Waals surface area contributed by atoms with E-state index in [4.69, 9.17) is 5.26 Å². The second-order valence-electron chi connectivity index (χ2n) is 2.40. The molecule has 0 atom stereocenters. The predicted molar refractivity (Wildman–Crippen MR) is 45.8 cm³/mol. The van der Waals surface area contributed by atoms with Gasteiger partial charge in [-0.15, -0.1) is 0 Å². The van der Waals surface area contributed by atoms with Crippen molar-refractivity contribution in [2.24, 2.45) is 0 Å². The lowest BCUT2D eigenvalue weighted by Crippen LogP contribution is -2.25. The molecule has 0 aromatic carbocycles. The fourth-order valence-corrected chi connectivity index (χ4v) is 1.73. The van der Waals surface area contributed by atoms with E-state index in [1.807, 2.05) is 0 Å². The van der Waals surface area contributed by atoms with Crippen LogP contribution in [0.15, 0.2) is 9.65 Å². The predicted octanol–water partition coefficient (Wildman–Crippen LogP) is 1.07. The second-order valence-corrected chi connectivity index (χ2v) is 3.48. The van der Waals surface area contributed by atoms with E-state index in [1.165, 1.54) is 11.8 Å². The van der Waals surface area contributed by atoms with Gasteiger partial charge < -0.3 is 5.21 Å². The number of thioether (sulfide) groups is 1. The first-order valence-corrected chi connectivity index (χ1v) is 4.90. The van der Waals surface area contributed by atoms with Crippen molar-refractivity contribution in [1.29, 1.82) is 5.26 Å². The van der Waals surface area contributed by atoms with E-state index in [-0.39, 0.29) is 15.6 Å². The van der Waals surface area contributed by atoms with Gasteiger partial charge in [0.1, 0.15) is 0 Å². The lowest BCUT2D eigenvalue weighted by atomic mass is 10.4. The van der Waals surface area contributed by atoms with Crippen molar-refractivity contribution in [3.8, 4) is 6.07 Å². The zero-order valence-electron chi connectivity index (χ0n) is 7.19. The molecule has 0 bridgehead atoms. The molecular weight excluding hydrogens is 190 g/mol. The van der Waals surface area contributed by atoms with E-state index in [9.17, 15) is 5.21 Å². The minimum Gasteiger partial charge on any atom is -0.359 e. The molecule has 13 heavy (non-hydrogen) atoms. The van der Waals surface area contributed by atoms with Gasteiger partial charge in [-0.3, -0.25) is 4.63 Å². The molecule has 0 N–H and O–H groups in total. The summed E-state index contributed by atoms with van der Waals surface area (Å²) in [6, 6.07) is 1.80. The van der Waals surface area contributed by atoms with Crippen LogP contribution in [0.2, 0.25) is 0 Å². The van der Waals surface area contributed by atoms with Gasteiger partial charge in [0.25, 0.3) is 5.03 Å². The Morgan fingerprint density at radius 1 is 1.77 bits per heavy atom. The van der Waals surface area contributed by atoms with E-state index in [1.54, 1.807) is 6.07 Å². The molecule has 0 spiro atoms. The maximum Gasteiger partial charge on any atom is 0.331 e. The molecule has 5 nitrogen and oxygen atoms in total. The molecule has 0 aliphatic heterocycles. The van der Waals surface area contributed by atoms with Crippen molar-refractivity contribution in [2.75, 3.05) is 5.75 Å². The summed E-state index contributed by atoms with van der Waals surface area (Å²) in [6.45, 7) is 2.06. The lowest BCUT2D eigenvalue weighted by molar-refractivity contribution is -0.831. The highest BCUT2D eigenvalue weighted by Crippen LogP contribution is 2.17. The Bertz CT molecular complexity index is 318. The molecule has 1 aromatic heterocycles. The summed E-state index contributed by atoms with van der Waals surface area (Å²) in [4.78, 5) is 0.277. The van der Waals surface area contributed by atoms with Gasteiger partial charge in [0.2, 0.25) is 0 Å². The van der Waals surface area contributed by atoms with Gasteiger partial charge in [0, 0.05) is 5.75 Å². The first-order valence-electron chi connectivity index (χ1n) is 3.92. The second kappa shape index (κ2) is 4.72. The molecule has 0 saturated carbocycles. The van der Waals surface area contributed by atoms with Crippen LogP contribution in [0.3, 0.4) is 0 Å². The van der Waals surface area contributed by atoms with Crippen LogP contribution >= 0.6 is 11.8 Å². The van der Waals surface area contributed by atoms with E-state index in [0.29, 0.717) is 0 Å². The van der Waals surface area contributed by atoms with Crippen LogP contribution in [0.5, 0.6) is 0 Å². The van der Waals surface area contributed by atoms with Crippen LogP contribution in [0.1, 0.15) is 25.5 Å². The molecule has 0 fully saturated rings. The van der Waals surface area contributed by atoms with Crippen molar-refractivity contribution in [1.82, 2.24) is 5.16 Å². The van der Waals surface area contributed by atoms with Gasteiger partial charge in [-0.05, 0) is 11.3 Å². The molecule has 0 saturated heterocycles. The van der Waals surface area contributed by atoms with Gasteiger partial charge in [0.05, 0.1) is 5.16 Å². The van der Waals surface area contributed by atoms with Crippen molar-refractivity contribution in [3.63, 3.8) is 0 Å². The summed E-state index contributed by atoms with van der Waals surface area (Å²) in [6.07, 6.45) is 2.06. The molecule has 0 aliphatic rings. The molecule has 0 aliphatic carbocycles. The SMILES string of the molecule is CCCCSc1c(C#N)no[n+]1[O-]. The molecule has 0 radical (unpaired) electrons. The zero-order valence-corrected chi connectivity index (χ0v) is 8.00. The Kier molecular flexibility index (Phi) is 3.58.